The van der Waals surface area contributed by atoms with Crippen LogP contribution in [-0.2, 0) is 42.8 Å². The number of benzene rings is 1. The minimum atomic E-state index is -0.996. The zero-order valence-electron chi connectivity index (χ0n) is 26.6. The van der Waals surface area contributed by atoms with Gasteiger partial charge in [0.15, 0.2) is 0 Å². The number of rotatable bonds is 20. The molecule has 1 fully saturated rings. The van der Waals surface area contributed by atoms with E-state index in [0.29, 0.717) is 71.7 Å². The number of anilines is 1. The van der Waals surface area contributed by atoms with Gasteiger partial charge < -0.3 is 33.7 Å². The van der Waals surface area contributed by atoms with Crippen molar-refractivity contribution >= 4 is 35.3 Å². The molecule has 1 aromatic carbocycles. The van der Waals surface area contributed by atoms with Gasteiger partial charge in [0.2, 0.25) is 5.91 Å². The molecule has 0 aromatic heterocycles. The molecule has 0 saturated carbocycles. The molecule has 14 heteroatoms. The van der Waals surface area contributed by atoms with Crippen LogP contribution in [0.2, 0.25) is 0 Å². The summed E-state index contributed by atoms with van der Waals surface area (Å²) in [6.45, 7) is 9.69. The van der Waals surface area contributed by atoms with Crippen molar-refractivity contribution in [2.45, 2.75) is 51.7 Å². The van der Waals surface area contributed by atoms with Crippen LogP contribution < -0.4 is 5.32 Å². The van der Waals surface area contributed by atoms with Gasteiger partial charge in [0.1, 0.15) is 11.6 Å². The average molecular weight is 636 g/mol. The molecule has 2 aliphatic rings. The minimum absolute atomic E-state index is 0.0898. The second kappa shape index (κ2) is 17.9. The predicted octanol–water partition coefficient (Wildman–Crippen LogP) is 1.66. The Labute approximate surface area is 263 Å². The van der Waals surface area contributed by atoms with E-state index in [9.17, 15) is 24.0 Å². The lowest BCUT2D eigenvalue weighted by Crippen LogP contribution is -2.54. The van der Waals surface area contributed by atoms with E-state index in [1.807, 2.05) is 20.8 Å². The quantitative estimate of drug-likeness (QED) is 0.126. The Morgan fingerprint density at radius 2 is 1.38 bits per heavy atom. The van der Waals surface area contributed by atoms with Gasteiger partial charge in [-0.05, 0) is 39.3 Å². The van der Waals surface area contributed by atoms with Crippen LogP contribution in [0.15, 0.2) is 18.2 Å². The topological polar surface area (TPSA) is 159 Å². The molecule has 1 atom stereocenters. The first-order valence-corrected chi connectivity index (χ1v) is 15.2. The Morgan fingerprint density at radius 3 is 1.96 bits per heavy atom. The number of likely N-dealkylation sites (tertiary alicyclic amines) is 1. The summed E-state index contributed by atoms with van der Waals surface area (Å²) in [4.78, 5) is 64.2. The van der Waals surface area contributed by atoms with E-state index in [2.05, 4.69) is 5.32 Å². The number of fused-ring (bicyclic) bond motifs is 1. The molecule has 1 saturated heterocycles. The number of ether oxygens (including phenoxy) is 6. The highest BCUT2D eigenvalue weighted by Crippen LogP contribution is 2.33. The fourth-order valence-corrected chi connectivity index (χ4v) is 4.66. The maximum absolute atomic E-state index is 13.2. The Bertz CT molecular complexity index is 1180. The highest BCUT2D eigenvalue weighted by molar-refractivity contribution is 6.25. The molecule has 1 N–H and O–H groups in total. The van der Waals surface area contributed by atoms with E-state index in [4.69, 9.17) is 28.4 Å². The van der Waals surface area contributed by atoms with E-state index < -0.39 is 29.4 Å². The number of amides is 4. The van der Waals surface area contributed by atoms with Crippen LogP contribution in [0.25, 0.3) is 0 Å². The van der Waals surface area contributed by atoms with Gasteiger partial charge in [0.05, 0.1) is 83.6 Å². The number of hydrogen-bond donors (Lipinski definition) is 1. The highest BCUT2D eigenvalue weighted by atomic mass is 16.6. The molecular formula is C31H45N3O11. The molecule has 14 nitrogen and oxygen atoms in total. The summed E-state index contributed by atoms with van der Waals surface area (Å²) in [5, 5.41) is 3.13. The molecular weight excluding hydrogens is 590 g/mol. The van der Waals surface area contributed by atoms with Crippen molar-refractivity contribution in [2.24, 2.45) is 0 Å². The summed E-state index contributed by atoms with van der Waals surface area (Å²) in [5.74, 6) is -2.26. The molecule has 2 heterocycles. The van der Waals surface area contributed by atoms with Crippen LogP contribution in [-0.4, -0.2) is 131 Å². The fourth-order valence-electron chi connectivity index (χ4n) is 4.66. The zero-order valence-corrected chi connectivity index (χ0v) is 26.6. The standard InChI is InChI=1S/C31H45N3O11/c1-31(2,3)45-26(36)10-12-40-14-16-42-18-20-44-21-19-43-17-15-41-13-11-32-23-7-5-6-22-27(23)30(39)34(28(22)37)24-8-9-25(35)33(4)29(24)38/h5-7,24,32H,8-21H2,1-4H3. The summed E-state index contributed by atoms with van der Waals surface area (Å²) in [6, 6.07) is 3.93. The van der Waals surface area contributed by atoms with Crippen LogP contribution in [0.5, 0.6) is 0 Å². The van der Waals surface area contributed by atoms with Crippen molar-refractivity contribution in [3.05, 3.63) is 29.3 Å². The Hall–Kier alpha value is -3.43. The summed E-state index contributed by atoms with van der Waals surface area (Å²) in [5.41, 5.74) is 0.423. The number of imide groups is 2. The van der Waals surface area contributed by atoms with Crippen molar-refractivity contribution in [3.63, 3.8) is 0 Å². The van der Waals surface area contributed by atoms with Gasteiger partial charge in [-0.1, -0.05) is 6.07 Å². The summed E-state index contributed by atoms with van der Waals surface area (Å²) < 4.78 is 32.5. The van der Waals surface area contributed by atoms with Crippen LogP contribution in [0.1, 0.15) is 60.7 Å². The number of carbonyl (C=O) groups is 5. The minimum Gasteiger partial charge on any atom is -0.460 e. The second-order valence-corrected chi connectivity index (χ2v) is 11.4. The fraction of sp³-hybridized carbons (Fsp3) is 0.645. The van der Waals surface area contributed by atoms with Gasteiger partial charge in [-0.2, -0.15) is 0 Å². The molecule has 4 amide bonds. The normalized spacial score (nSPS) is 16.8. The largest absolute Gasteiger partial charge is 0.460 e. The zero-order chi connectivity index (χ0) is 32.8. The number of nitrogens with zero attached hydrogens (tertiary/aromatic N) is 2. The van der Waals surface area contributed by atoms with E-state index in [1.165, 1.54) is 7.05 Å². The average Bonchev–Trinajstić information content (AvgIpc) is 3.24. The summed E-state index contributed by atoms with van der Waals surface area (Å²) >= 11 is 0. The molecule has 0 aliphatic carbocycles. The Morgan fingerprint density at radius 1 is 0.822 bits per heavy atom. The first-order valence-electron chi connectivity index (χ1n) is 15.2. The predicted molar refractivity (Wildman–Crippen MR) is 161 cm³/mol. The molecule has 1 aromatic rings. The number of nitrogens with one attached hydrogen (secondary N) is 1. The lowest BCUT2D eigenvalue weighted by atomic mass is 10.0. The van der Waals surface area contributed by atoms with Crippen molar-refractivity contribution < 1.29 is 52.4 Å². The van der Waals surface area contributed by atoms with Crippen molar-refractivity contribution in [1.82, 2.24) is 9.80 Å². The van der Waals surface area contributed by atoms with Crippen LogP contribution >= 0.6 is 0 Å². The Kier molecular flexibility index (Phi) is 14.3. The molecule has 3 rings (SSSR count). The van der Waals surface area contributed by atoms with E-state index in [-0.39, 0.29) is 48.9 Å². The molecule has 45 heavy (non-hydrogen) atoms. The third kappa shape index (κ3) is 11.2. The first-order chi connectivity index (χ1) is 21.5. The maximum Gasteiger partial charge on any atom is 0.308 e. The lowest BCUT2D eigenvalue weighted by Gasteiger charge is -2.32. The molecule has 0 bridgehead atoms. The molecule has 0 radical (unpaired) electrons. The molecule has 250 valence electrons. The SMILES string of the molecule is CN1C(=O)CCC(N2C(=O)c3cccc(NCCOCCOCCOCCOCCOCCC(=O)OC(C)(C)C)c3C2=O)C1=O. The van der Waals surface area contributed by atoms with Crippen LogP contribution in [0, 0.1) is 0 Å². The highest BCUT2D eigenvalue weighted by Gasteiger charge is 2.47. The van der Waals surface area contributed by atoms with Gasteiger partial charge in [-0.25, -0.2) is 0 Å². The molecule has 2 aliphatic heterocycles. The number of carbonyl (C=O) groups excluding carboxylic acids is 5. The maximum atomic E-state index is 13.2. The van der Waals surface area contributed by atoms with Crippen molar-refractivity contribution in [2.75, 3.05) is 85.0 Å². The number of esters is 1. The van der Waals surface area contributed by atoms with Gasteiger partial charge in [-0.3, -0.25) is 33.8 Å². The number of hydrogen-bond acceptors (Lipinski definition) is 12. The molecule has 1 unspecified atom stereocenters. The van der Waals surface area contributed by atoms with Gasteiger partial charge in [0.25, 0.3) is 17.7 Å². The third-order valence-electron chi connectivity index (χ3n) is 6.80. The lowest BCUT2D eigenvalue weighted by molar-refractivity contribution is -0.156. The van der Waals surface area contributed by atoms with Crippen LogP contribution in [0.3, 0.4) is 0 Å². The van der Waals surface area contributed by atoms with Gasteiger partial charge in [-0.15, -0.1) is 0 Å². The summed E-state index contributed by atoms with van der Waals surface area (Å²) in [6.07, 6.45) is 0.410. The Balaban J connectivity index is 1.18. The van der Waals surface area contributed by atoms with E-state index >= 15 is 0 Å². The smallest absolute Gasteiger partial charge is 0.308 e. The van der Waals surface area contributed by atoms with E-state index in [0.717, 1.165) is 9.80 Å². The van der Waals surface area contributed by atoms with Crippen molar-refractivity contribution in [3.8, 4) is 0 Å². The number of piperidine rings is 1. The first kappa shape index (κ1) is 36.0. The van der Waals surface area contributed by atoms with Gasteiger partial charge in [0, 0.05) is 25.7 Å². The van der Waals surface area contributed by atoms with E-state index in [1.54, 1.807) is 18.2 Å². The van der Waals surface area contributed by atoms with Crippen LogP contribution in [0.4, 0.5) is 5.69 Å². The summed E-state index contributed by atoms with van der Waals surface area (Å²) in [7, 11) is 1.36. The second-order valence-electron chi connectivity index (χ2n) is 11.4. The third-order valence-corrected chi connectivity index (χ3v) is 6.80. The van der Waals surface area contributed by atoms with Crippen molar-refractivity contribution in [1.29, 1.82) is 0 Å². The van der Waals surface area contributed by atoms with Gasteiger partial charge >= 0.3 is 5.97 Å². The molecule has 0 spiro atoms. The monoisotopic (exact) mass is 635 g/mol. The number of likely N-dealkylation sites (N-methyl/N-ethyl adjacent to an activating group) is 1.